The van der Waals surface area contributed by atoms with Crippen LogP contribution in [-0.4, -0.2) is 17.6 Å². The predicted octanol–water partition coefficient (Wildman–Crippen LogP) is 2.74. The Bertz CT molecular complexity index is 701. The van der Waals surface area contributed by atoms with E-state index in [1.807, 2.05) is 44.2 Å². The van der Waals surface area contributed by atoms with Crippen molar-refractivity contribution >= 4 is 23.6 Å². The van der Waals surface area contributed by atoms with Crippen LogP contribution in [-0.2, 0) is 9.59 Å². The van der Waals surface area contributed by atoms with E-state index in [2.05, 4.69) is 11.4 Å². The molecule has 0 radical (unpaired) electrons. The van der Waals surface area contributed by atoms with Crippen molar-refractivity contribution in [2.45, 2.75) is 24.8 Å². The third-order valence-corrected chi connectivity index (χ3v) is 4.59. The van der Waals surface area contributed by atoms with Gasteiger partial charge in [0, 0.05) is 4.90 Å². The number of primary amides is 1. The lowest BCUT2D eigenvalue weighted by molar-refractivity contribution is -0.126. The number of benzene rings is 2. The third-order valence-electron chi connectivity index (χ3n) is 3.41. The van der Waals surface area contributed by atoms with Gasteiger partial charge in [-0.15, -0.1) is 11.8 Å². The van der Waals surface area contributed by atoms with Crippen molar-refractivity contribution in [2.24, 2.45) is 5.73 Å². The van der Waals surface area contributed by atoms with E-state index < -0.39 is 11.9 Å². The fourth-order valence-corrected chi connectivity index (χ4v) is 3.09. The summed E-state index contributed by atoms with van der Waals surface area (Å²) in [5.41, 5.74) is 8.42. The Morgan fingerprint density at radius 1 is 1.13 bits per heavy atom. The molecule has 0 aliphatic rings. The number of nitrogens with two attached hydrogens (primary N) is 1. The molecule has 2 aromatic carbocycles. The molecule has 23 heavy (non-hydrogen) atoms. The predicted molar refractivity (Wildman–Crippen MR) is 93.2 cm³/mol. The van der Waals surface area contributed by atoms with Crippen molar-refractivity contribution in [3.05, 3.63) is 65.2 Å². The van der Waals surface area contributed by atoms with Gasteiger partial charge in [0.1, 0.15) is 6.04 Å². The van der Waals surface area contributed by atoms with Gasteiger partial charge in [0.05, 0.1) is 5.75 Å². The number of amides is 2. The zero-order chi connectivity index (χ0) is 16.8. The first-order chi connectivity index (χ1) is 11.0. The summed E-state index contributed by atoms with van der Waals surface area (Å²) in [5.74, 6) is -0.552. The van der Waals surface area contributed by atoms with Crippen LogP contribution < -0.4 is 11.1 Å². The second-order valence-corrected chi connectivity index (χ2v) is 6.39. The molecule has 1 atom stereocenters. The molecule has 3 N–H and O–H groups in total. The first-order valence-electron chi connectivity index (χ1n) is 7.31. The Hall–Kier alpha value is -2.27. The maximum absolute atomic E-state index is 12.1. The highest BCUT2D eigenvalue weighted by Crippen LogP contribution is 2.23. The van der Waals surface area contributed by atoms with Crippen LogP contribution in [0.2, 0.25) is 0 Å². The lowest BCUT2D eigenvalue weighted by atomic mass is 10.1. The van der Waals surface area contributed by atoms with Crippen molar-refractivity contribution in [2.75, 3.05) is 5.75 Å². The van der Waals surface area contributed by atoms with E-state index >= 15 is 0 Å². The minimum absolute atomic E-state index is 0.220. The normalized spacial score (nSPS) is 11.7. The van der Waals surface area contributed by atoms with Crippen molar-refractivity contribution in [3.8, 4) is 0 Å². The molecule has 0 heterocycles. The Morgan fingerprint density at radius 2 is 1.83 bits per heavy atom. The van der Waals surface area contributed by atoms with Crippen LogP contribution in [0.25, 0.3) is 0 Å². The number of hydrogen-bond donors (Lipinski definition) is 2. The monoisotopic (exact) mass is 328 g/mol. The van der Waals surface area contributed by atoms with Gasteiger partial charge in [-0.2, -0.15) is 0 Å². The van der Waals surface area contributed by atoms with Gasteiger partial charge in [0.15, 0.2) is 0 Å². The number of hydrogen-bond acceptors (Lipinski definition) is 3. The molecule has 4 nitrogen and oxygen atoms in total. The number of thioether (sulfide) groups is 1. The number of carbonyl (C=O) groups is 2. The second-order valence-electron chi connectivity index (χ2n) is 5.37. The summed E-state index contributed by atoms with van der Waals surface area (Å²) >= 11 is 1.45. The van der Waals surface area contributed by atoms with Crippen LogP contribution in [0.5, 0.6) is 0 Å². The van der Waals surface area contributed by atoms with Gasteiger partial charge in [-0.05, 0) is 31.0 Å². The standard InChI is InChI=1S/C18H20N2O2S/c1-12-8-9-15(13(2)10-12)23-11-16(21)20-17(18(19)22)14-6-4-3-5-7-14/h3-10,17H,11H2,1-2H3,(H2,19,22)(H,20,21)/t17-/m1/s1. The zero-order valence-electron chi connectivity index (χ0n) is 13.2. The molecule has 0 aliphatic heterocycles. The second kappa shape index (κ2) is 7.83. The van der Waals surface area contributed by atoms with Gasteiger partial charge in [0.25, 0.3) is 0 Å². The van der Waals surface area contributed by atoms with Crippen molar-refractivity contribution in [1.82, 2.24) is 5.32 Å². The van der Waals surface area contributed by atoms with Gasteiger partial charge in [-0.3, -0.25) is 9.59 Å². The topological polar surface area (TPSA) is 72.2 Å². The molecular weight excluding hydrogens is 308 g/mol. The van der Waals surface area contributed by atoms with Crippen molar-refractivity contribution in [1.29, 1.82) is 0 Å². The minimum atomic E-state index is -0.802. The fourth-order valence-electron chi connectivity index (χ4n) is 2.27. The summed E-state index contributed by atoms with van der Waals surface area (Å²) in [6.45, 7) is 4.05. The summed E-state index contributed by atoms with van der Waals surface area (Å²) in [6, 6.07) is 14.3. The highest BCUT2D eigenvalue weighted by atomic mass is 32.2. The molecule has 0 aromatic heterocycles. The maximum Gasteiger partial charge on any atom is 0.244 e. The van der Waals surface area contributed by atoms with E-state index in [1.54, 1.807) is 12.1 Å². The fraction of sp³-hybridized carbons (Fsp3) is 0.222. The summed E-state index contributed by atoms with van der Waals surface area (Å²) in [7, 11) is 0. The molecular formula is C18H20N2O2S. The van der Waals surface area contributed by atoms with Gasteiger partial charge < -0.3 is 11.1 Å². The highest BCUT2D eigenvalue weighted by molar-refractivity contribution is 8.00. The Balaban J connectivity index is 1.98. The number of carbonyl (C=O) groups excluding carboxylic acids is 2. The average Bonchev–Trinajstić information content (AvgIpc) is 2.52. The first-order valence-corrected chi connectivity index (χ1v) is 8.29. The molecule has 0 aliphatic carbocycles. The highest BCUT2D eigenvalue weighted by Gasteiger charge is 2.19. The Kier molecular flexibility index (Phi) is 5.82. The summed E-state index contributed by atoms with van der Waals surface area (Å²) in [4.78, 5) is 24.8. The number of aryl methyl sites for hydroxylation is 2. The van der Waals surface area contributed by atoms with Crippen LogP contribution in [0, 0.1) is 13.8 Å². The molecule has 0 spiro atoms. The SMILES string of the molecule is Cc1ccc(SCC(=O)N[C@@H](C(N)=O)c2ccccc2)c(C)c1. The number of rotatable bonds is 6. The Morgan fingerprint density at radius 3 is 2.43 bits per heavy atom. The van der Waals surface area contributed by atoms with E-state index in [1.165, 1.54) is 17.3 Å². The molecule has 0 saturated carbocycles. The molecule has 2 amide bonds. The molecule has 120 valence electrons. The molecule has 2 aromatic rings. The summed E-state index contributed by atoms with van der Waals surface area (Å²) < 4.78 is 0. The van der Waals surface area contributed by atoms with E-state index in [0.717, 1.165) is 10.5 Å². The molecule has 0 fully saturated rings. The van der Waals surface area contributed by atoms with E-state index in [-0.39, 0.29) is 11.7 Å². The third kappa shape index (κ3) is 4.86. The number of nitrogens with one attached hydrogen (secondary N) is 1. The van der Waals surface area contributed by atoms with E-state index in [0.29, 0.717) is 5.56 Å². The van der Waals surface area contributed by atoms with Crippen LogP contribution in [0.15, 0.2) is 53.4 Å². The lowest BCUT2D eigenvalue weighted by Gasteiger charge is -2.16. The van der Waals surface area contributed by atoms with Gasteiger partial charge in [-0.25, -0.2) is 0 Å². The molecule has 0 bridgehead atoms. The molecule has 2 rings (SSSR count). The average molecular weight is 328 g/mol. The van der Waals surface area contributed by atoms with E-state index in [9.17, 15) is 9.59 Å². The molecule has 0 saturated heterocycles. The minimum Gasteiger partial charge on any atom is -0.368 e. The van der Waals surface area contributed by atoms with Crippen LogP contribution in [0.3, 0.4) is 0 Å². The maximum atomic E-state index is 12.1. The Labute approximate surface area is 140 Å². The summed E-state index contributed by atoms with van der Waals surface area (Å²) in [5, 5.41) is 2.70. The quantitative estimate of drug-likeness (QED) is 0.801. The van der Waals surface area contributed by atoms with Crippen LogP contribution >= 0.6 is 11.8 Å². The smallest absolute Gasteiger partial charge is 0.244 e. The van der Waals surface area contributed by atoms with Crippen molar-refractivity contribution in [3.63, 3.8) is 0 Å². The van der Waals surface area contributed by atoms with Gasteiger partial charge in [0.2, 0.25) is 11.8 Å². The molecule has 0 unspecified atom stereocenters. The van der Waals surface area contributed by atoms with Gasteiger partial charge >= 0.3 is 0 Å². The first kappa shape index (κ1) is 17.1. The van der Waals surface area contributed by atoms with Gasteiger partial charge in [-0.1, -0.05) is 48.0 Å². The van der Waals surface area contributed by atoms with Crippen LogP contribution in [0.4, 0.5) is 0 Å². The largest absolute Gasteiger partial charge is 0.368 e. The lowest BCUT2D eigenvalue weighted by Crippen LogP contribution is -2.38. The van der Waals surface area contributed by atoms with Crippen molar-refractivity contribution < 1.29 is 9.59 Å². The molecule has 5 heteroatoms. The summed E-state index contributed by atoms with van der Waals surface area (Å²) in [6.07, 6.45) is 0. The van der Waals surface area contributed by atoms with Crippen LogP contribution in [0.1, 0.15) is 22.7 Å². The van der Waals surface area contributed by atoms with E-state index in [4.69, 9.17) is 5.73 Å². The zero-order valence-corrected chi connectivity index (χ0v) is 14.0.